The average Bonchev–Trinajstić information content (AvgIpc) is 2.88. The number of benzene rings is 1. The Morgan fingerprint density at radius 2 is 2.16 bits per heavy atom. The maximum absolute atomic E-state index is 12.1. The number of esters is 1. The van der Waals surface area contributed by atoms with Crippen LogP contribution in [0.3, 0.4) is 0 Å². The Morgan fingerprint density at radius 1 is 1.37 bits per heavy atom. The molecule has 2 rings (SSSR count). The molecule has 19 heavy (non-hydrogen) atoms. The van der Waals surface area contributed by atoms with Crippen LogP contribution in [0.25, 0.3) is 0 Å². The summed E-state index contributed by atoms with van der Waals surface area (Å²) in [7, 11) is 0. The highest BCUT2D eigenvalue weighted by atomic mass is 16.5. The number of hydrogen-bond donors (Lipinski definition) is 0. The Labute approximate surface area is 115 Å². The van der Waals surface area contributed by atoms with Crippen molar-refractivity contribution in [1.82, 2.24) is 4.90 Å². The summed E-state index contributed by atoms with van der Waals surface area (Å²) in [5.74, 6) is -0.0399. The molecule has 0 saturated carbocycles. The number of carbonyl (C=O) groups is 1. The molecule has 0 spiro atoms. The highest BCUT2D eigenvalue weighted by molar-refractivity contribution is 5.76. The van der Waals surface area contributed by atoms with Crippen molar-refractivity contribution >= 4 is 5.97 Å². The summed E-state index contributed by atoms with van der Waals surface area (Å²) >= 11 is 0. The van der Waals surface area contributed by atoms with Gasteiger partial charge in [-0.05, 0) is 31.4 Å². The Morgan fingerprint density at radius 3 is 2.89 bits per heavy atom. The molecule has 0 amide bonds. The number of carbonyl (C=O) groups excluding carboxylic acids is 1. The molecule has 1 aromatic carbocycles. The van der Waals surface area contributed by atoms with Gasteiger partial charge in [0.1, 0.15) is 6.04 Å². The lowest BCUT2D eigenvalue weighted by Gasteiger charge is -2.23. The first-order chi connectivity index (χ1) is 9.31. The number of ether oxygens (including phenoxy) is 1. The van der Waals surface area contributed by atoms with E-state index in [0.717, 1.165) is 38.8 Å². The van der Waals surface area contributed by atoms with Crippen LogP contribution in [-0.4, -0.2) is 30.1 Å². The molecule has 0 radical (unpaired) electrons. The zero-order valence-corrected chi connectivity index (χ0v) is 11.7. The Bertz CT molecular complexity index is 391. The molecular formula is C16H23NO2. The van der Waals surface area contributed by atoms with E-state index in [2.05, 4.69) is 24.0 Å². The first-order valence-electron chi connectivity index (χ1n) is 7.26. The molecule has 0 aromatic heterocycles. The summed E-state index contributed by atoms with van der Waals surface area (Å²) in [5.41, 5.74) is 1.26. The lowest BCUT2D eigenvalue weighted by Crippen LogP contribution is -2.36. The van der Waals surface area contributed by atoms with E-state index in [1.807, 2.05) is 18.2 Å². The smallest absolute Gasteiger partial charge is 0.323 e. The summed E-state index contributed by atoms with van der Waals surface area (Å²) in [5, 5.41) is 0. The van der Waals surface area contributed by atoms with E-state index >= 15 is 0 Å². The molecular weight excluding hydrogens is 238 g/mol. The van der Waals surface area contributed by atoms with Crippen molar-refractivity contribution in [2.24, 2.45) is 0 Å². The van der Waals surface area contributed by atoms with Crippen molar-refractivity contribution < 1.29 is 9.53 Å². The second kappa shape index (κ2) is 7.29. The molecule has 1 aliphatic rings. The third-order valence-electron chi connectivity index (χ3n) is 3.61. The molecule has 1 aliphatic heterocycles. The first-order valence-corrected chi connectivity index (χ1v) is 7.26. The maximum Gasteiger partial charge on any atom is 0.323 e. The van der Waals surface area contributed by atoms with Crippen LogP contribution in [-0.2, 0) is 16.1 Å². The van der Waals surface area contributed by atoms with Crippen molar-refractivity contribution in [2.75, 3.05) is 13.2 Å². The van der Waals surface area contributed by atoms with Crippen LogP contribution in [0.4, 0.5) is 0 Å². The molecule has 0 unspecified atom stereocenters. The molecule has 1 heterocycles. The highest BCUT2D eigenvalue weighted by Gasteiger charge is 2.31. The van der Waals surface area contributed by atoms with Crippen molar-refractivity contribution in [3.63, 3.8) is 0 Å². The fraction of sp³-hybridized carbons (Fsp3) is 0.562. The van der Waals surface area contributed by atoms with Gasteiger partial charge in [0, 0.05) is 6.54 Å². The zero-order valence-electron chi connectivity index (χ0n) is 11.7. The minimum Gasteiger partial charge on any atom is -0.465 e. The molecule has 1 atom stereocenters. The van der Waals surface area contributed by atoms with Crippen LogP contribution in [0, 0.1) is 0 Å². The second-order valence-corrected chi connectivity index (χ2v) is 5.14. The third kappa shape index (κ3) is 4.06. The van der Waals surface area contributed by atoms with E-state index in [4.69, 9.17) is 4.74 Å². The summed E-state index contributed by atoms with van der Waals surface area (Å²) in [6, 6.07) is 10.3. The second-order valence-electron chi connectivity index (χ2n) is 5.14. The minimum atomic E-state index is -0.0444. The van der Waals surface area contributed by atoms with E-state index in [-0.39, 0.29) is 12.0 Å². The SMILES string of the molecule is CCCCOC(=O)[C@H]1CCCN1Cc1ccccc1. The summed E-state index contributed by atoms with van der Waals surface area (Å²) in [6.45, 7) is 4.49. The van der Waals surface area contributed by atoms with Crippen LogP contribution in [0.15, 0.2) is 30.3 Å². The van der Waals surface area contributed by atoms with Crippen LogP contribution < -0.4 is 0 Å². The number of rotatable bonds is 6. The predicted molar refractivity (Wildman–Crippen MR) is 75.7 cm³/mol. The van der Waals surface area contributed by atoms with Crippen LogP contribution in [0.2, 0.25) is 0 Å². The number of hydrogen-bond acceptors (Lipinski definition) is 3. The largest absolute Gasteiger partial charge is 0.465 e. The standard InChI is InChI=1S/C16H23NO2/c1-2-3-12-19-16(18)15-10-7-11-17(15)13-14-8-5-4-6-9-14/h4-6,8-9,15H,2-3,7,10-13H2,1H3/t15-/m1/s1. The number of nitrogens with zero attached hydrogens (tertiary/aromatic N) is 1. The van der Waals surface area contributed by atoms with Gasteiger partial charge < -0.3 is 4.74 Å². The van der Waals surface area contributed by atoms with Gasteiger partial charge in [0.25, 0.3) is 0 Å². The lowest BCUT2D eigenvalue weighted by atomic mass is 10.2. The van der Waals surface area contributed by atoms with Crippen molar-refractivity contribution in [3.05, 3.63) is 35.9 Å². The maximum atomic E-state index is 12.1. The van der Waals surface area contributed by atoms with Crippen molar-refractivity contribution in [2.45, 2.75) is 45.2 Å². The van der Waals surface area contributed by atoms with Gasteiger partial charge in [-0.3, -0.25) is 9.69 Å². The fourth-order valence-corrected chi connectivity index (χ4v) is 2.51. The van der Waals surface area contributed by atoms with Gasteiger partial charge in [0.2, 0.25) is 0 Å². The van der Waals surface area contributed by atoms with Crippen molar-refractivity contribution in [1.29, 1.82) is 0 Å². The highest BCUT2D eigenvalue weighted by Crippen LogP contribution is 2.21. The quantitative estimate of drug-likeness (QED) is 0.582. The van der Waals surface area contributed by atoms with E-state index in [0.29, 0.717) is 6.61 Å². The zero-order chi connectivity index (χ0) is 13.5. The average molecular weight is 261 g/mol. The van der Waals surface area contributed by atoms with Crippen molar-refractivity contribution in [3.8, 4) is 0 Å². The van der Waals surface area contributed by atoms with Gasteiger partial charge in [0.05, 0.1) is 6.61 Å². The van der Waals surface area contributed by atoms with Gasteiger partial charge in [0.15, 0.2) is 0 Å². The summed E-state index contributed by atoms with van der Waals surface area (Å²) in [6.07, 6.45) is 4.03. The monoisotopic (exact) mass is 261 g/mol. The van der Waals surface area contributed by atoms with Crippen LogP contribution in [0.1, 0.15) is 38.2 Å². The molecule has 1 fully saturated rings. The number of unbranched alkanes of at least 4 members (excludes halogenated alkanes) is 1. The van der Waals surface area contributed by atoms with Gasteiger partial charge in [-0.15, -0.1) is 0 Å². The van der Waals surface area contributed by atoms with Gasteiger partial charge in [-0.1, -0.05) is 43.7 Å². The lowest BCUT2D eigenvalue weighted by molar-refractivity contribution is -0.149. The van der Waals surface area contributed by atoms with E-state index < -0.39 is 0 Å². The summed E-state index contributed by atoms with van der Waals surface area (Å²) < 4.78 is 5.35. The molecule has 0 aliphatic carbocycles. The van der Waals surface area contributed by atoms with Gasteiger partial charge >= 0.3 is 5.97 Å². The van der Waals surface area contributed by atoms with Gasteiger partial charge in [-0.25, -0.2) is 0 Å². The summed E-state index contributed by atoms with van der Waals surface area (Å²) in [4.78, 5) is 14.3. The van der Waals surface area contributed by atoms with Crippen LogP contribution >= 0.6 is 0 Å². The normalized spacial score (nSPS) is 19.5. The Kier molecular flexibility index (Phi) is 5.40. The molecule has 3 heteroatoms. The molecule has 1 saturated heterocycles. The van der Waals surface area contributed by atoms with Gasteiger partial charge in [-0.2, -0.15) is 0 Å². The van der Waals surface area contributed by atoms with E-state index in [1.54, 1.807) is 0 Å². The van der Waals surface area contributed by atoms with Crippen LogP contribution in [0.5, 0.6) is 0 Å². The van der Waals surface area contributed by atoms with E-state index in [9.17, 15) is 4.79 Å². The molecule has 3 nitrogen and oxygen atoms in total. The fourth-order valence-electron chi connectivity index (χ4n) is 2.51. The predicted octanol–water partition coefficient (Wildman–Crippen LogP) is 2.99. The first kappa shape index (κ1) is 14.1. The van der Waals surface area contributed by atoms with E-state index in [1.165, 1.54) is 5.56 Å². The molecule has 0 bridgehead atoms. The minimum absolute atomic E-state index is 0.0399. The number of likely N-dealkylation sites (tertiary alicyclic amines) is 1. The molecule has 104 valence electrons. The third-order valence-corrected chi connectivity index (χ3v) is 3.61. The Hall–Kier alpha value is -1.35. The topological polar surface area (TPSA) is 29.5 Å². The molecule has 1 aromatic rings. The Balaban J connectivity index is 1.88. The molecule has 0 N–H and O–H groups in total.